The van der Waals surface area contributed by atoms with Gasteiger partial charge in [0, 0.05) is 4.88 Å². The van der Waals surface area contributed by atoms with E-state index in [1.54, 1.807) is 7.11 Å². The molecule has 0 radical (unpaired) electrons. The summed E-state index contributed by atoms with van der Waals surface area (Å²) >= 11 is 1.45. The highest BCUT2D eigenvalue weighted by Gasteiger charge is 2.08. The van der Waals surface area contributed by atoms with Crippen molar-refractivity contribution in [2.75, 3.05) is 13.7 Å². The van der Waals surface area contributed by atoms with Crippen LogP contribution in [0.5, 0.6) is 5.75 Å². The second kappa shape index (κ2) is 5.12. The van der Waals surface area contributed by atoms with E-state index in [9.17, 15) is 4.79 Å². The first-order chi connectivity index (χ1) is 8.24. The third-order valence-corrected chi connectivity index (χ3v) is 3.60. The molecule has 2 aromatic rings. The molecule has 0 spiro atoms. The zero-order valence-electron chi connectivity index (χ0n) is 9.47. The van der Waals surface area contributed by atoms with Crippen LogP contribution in [0.1, 0.15) is 9.67 Å². The molecule has 0 amide bonds. The monoisotopic (exact) mass is 247 g/mol. The molecule has 0 unspecified atom stereocenters. The van der Waals surface area contributed by atoms with Crippen molar-refractivity contribution in [1.82, 2.24) is 0 Å². The topological polar surface area (TPSA) is 52.3 Å². The SMILES string of the molecule is COc1cccc(-c2ccc(C(=O)CN)s2)c1. The van der Waals surface area contributed by atoms with Crippen LogP contribution in [-0.4, -0.2) is 19.4 Å². The zero-order valence-corrected chi connectivity index (χ0v) is 10.3. The van der Waals surface area contributed by atoms with Crippen LogP contribution in [0.3, 0.4) is 0 Å². The van der Waals surface area contributed by atoms with Gasteiger partial charge in [-0.15, -0.1) is 11.3 Å². The average Bonchev–Trinajstić information content (AvgIpc) is 2.87. The summed E-state index contributed by atoms with van der Waals surface area (Å²) in [6.45, 7) is 0.0536. The molecule has 0 aliphatic carbocycles. The molecule has 0 atom stereocenters. The van der Waals surface area contributed by atoms with Crippen LogP contribution in [0.2, 0.25) is 0 Å². The van der Waals surface area contributed by atoms with E-state index >= 15 is 0 Å². The minimum absolute atomic E-state index is 0.0239. The molecule has 1 aromatic carbocycles. The Labute approximate surface area is 104 Å². The summed E-state index contributed by atoms with van der Waals surface area (Å²) in [7, 11) is 1.64. The van der Waals surface area contributed by atoms with Gasteiger partial charge in [-0.25, -0.2) is 0 Å². The van der Waals surface area contributed by atoms with Crippen molar-refractivity contribution in [3.05, 3.63) is 41.3 Å². The summed E-state index contributed by atoms with van der Waals surface area (Å²) in [4.78, 5) is 13.2. The fourth-order valence-corrected chi connectivity index (χ4v) is 2.47. The zero-order chi connectivity index (χ0) is 12.3. The van der Waals surface area contributed by atoms with E-state index in [0.717, 1.165) is 16.2 Å². The third-order valence-electron chi connectivity index (χ3n) is 2.42. The molecule has 1 aromatic heterocycles. The second-order valence-electron chi connectivity index (χ2n) is 3.52. The van der Waals surface area contributed by atoms with Crippen molar-refractivity contribution in [3.8, 4) is 16.2 Å². The standard InChI is InChI=1S/C13H13NO2S/c1-16-10-4-2-3-9(7-10)12-5-6-13(17-12)11(15)8-14/h2-7H,8,14H2,1H3. The van der Waals surface area contributed by atoms with E-state index in [0.29, 0.717) is 4.88 Å². The molecule has 2 N–H and O–H groups in total. The Morgan fingerprint density at radius 3 is 2.88 bits per heavy atom. The third kappa shape index (κ3) is 2.54. The lowest BCUT2D eigenvalue weighted by molar-refractivity contribution is 0.100. The number of hydrogen-bond acceptors (Lipinski definition) is 4. The molecular weight excluding hydrogens is 234 g/mol. The van der Waals surface area contributed by atoms with Crippen molar-refractivity contribution in [3.63, 3.8) is 0 Å². The number of methoxy groups -OCH3 is 1. The first kappa shape index (κ1) is 11.8. The Balaban J connectivity index is 2.33. The van der Waals surface area contributed by atoms with Crippen LogP contribution in [-0.2, 0) is 0 Å². The number of thiophene rings is 1. The Kier molecular flexibility index (Phi) is 3.56. The Hall–Kier alpha value is -1.65. The number of benzene rings is 1. The van der Waals surface area contributed by atoms with Gasteiger partial charge in [0.1, 0.15) is 5.75 Å². The molecule has 0 aliphatic heterocycles. The molecule has 0 aliphatic rings. The van der Waals surface area contributed by atoms with Gasteiger partial charge in [0.05, 0.1) is 18.5 Å². The molecule has 3 nitrogen and oxygen atoms in total. The van der Waals surface area contributed by atoms with Crippen molar-refractivity contribution in [2.45, 2.75) is 0 Å². The summed E-state index contributed by atoms with van der Waals surface area (Å²) in [5.41, 5.74) is 6.38. The van der Waals surface area contributed by atoms with E-state index in [4.69, 9.17) is 10.5 Å². The van der Waals surface area contributed by atoms with Crippen LogP contribution >= 0.6 is 11.3 Å². The van der Waals surface area contributed by atoms with Crippen LogP contribution in [0.25, 0.3) is 10.4 Å². The smallest absolute Gasteiger partial charge is 0.186 e. The van der Waals surface area contributed by atoms with Crippen LogP contribution in [0.15, 0.2) is 36.4 Å². The predicted octanol–water partition coefficient (Wildman–Crippen LogP) is 2.57. The minimum Gasteiger partial charge on any atom is -0.497 e. The van der Waals surface area contributed by atoms with E-state index in [1.807, 2.05) is 36.4 Å². The highest BCUT2D eigenvalue weighted by Crippen LogP contribution is 2.30. The molecule has 1 heterocycles. The lowest BCUT2D eigenvalue weighted by Gasteiger charge is -2.01. The minimum atomic E-state index is -0.0239. The maximum Gasteiger partial charge on any atom is 0.186 e. The molecule has 88 valence electrons. The van der Waals surface area contributed by atoms with Gasteiger partial charge < -0.3 is 10.5 Å². The van der Waals surface area contributed by atoms with Gasteiger partial charge >= 0.3 is 0 Å². The fraction of sp³-hybridized carbons (Fsp3) is 0.154. The van der Waals surface area contributed by atoms with Crippen LogP contribution in [0.4, 0.5) is 0 Å². The quantitative estimate of drug-likeness (QED) is 0.845. The molecule has 0 saturated heterocycles. The van der Waals surface area contributed by atoms with E-state index < -0.39 is 0 Å². The van der Waals surface area contributed by atoms with Crippen molar-refractivity contribution in [2.24, 2.45) is 5.73 Å². The second-order valence-corrected chi connectivity index (χ2v) is 4.61. The summed E-state index contributed by atoms with van der Waals surface area (Å²) in [6, 6.07) is 11.5. The van der Waals surface area contributed by atoms with Crippen molar-refractivity contribution < 1.29 is 9.53 Å². The first-order valence-corrected chi connectivity index (χ1v) is 6.04. The summed E-state index contributed by atoms with van der Waals surface area (Å²) in [5.74, 6) is 0.784. The molecule has 2 rings (SSSR count). The van der Waals surface area contributed by atoms with Crippen molar-refractivity contribution in [1.29, 1.82) is 0 Å². The van der Waals surface area contributed by atoms with Crippen LogP contribution < -0.4 is 10.5 Å². The molecule has 0 fully saturated rings. The molecule has 0 saturated carbocycles. The van der Waals surface area contributed by atoms with Gasteiger partial charge in [-0.2, -0.15) is 0 Å². The Bertz CT molecular complexity index is 534. The Morgan fingerprint density at radius 2 is 2.18 bits per heavy atom. The lowest BCUT2D eigenvalue weighted by Crippen LogP contribution is -2.11. The van der Waals surface area contributed by atoms with Crippen LogP contribution in [0, 0.1) is 0 Å². The van der Waals surface area contributed by atoms with Gasteiger partial charge in [-0.05, 0) is 29.8 Å². The number of Topliss-reactive ketones (excluding diaryl/α,β-unsaturated/α-hetero) is 1. The normalized spacial score (nSPS) is 10.2. The van der Waals surface area contributed by atoms with E-state index in [-0.39, 0.29) is 12.3 Å². The summed E-state index contributed by atoms with van der Waals surface area (Å²) in [6.07, 6.45) is 0. The average molecular weight is 247 g/mol. The first-order valence-electron chi connectivity index (χ1n) is 5.22. The number of ketones is 1. The Morgan fingerprint density at radius 1 is 1.35 bits per heavy atom. The van der Waals surface area contributed by atoms with Gasteiger partial charge in [0.15, 0.2) is 5.78 Å². The maximum absolute atomic E-state index is 11.4. The van der Waals surface area contributed by atoms with E-state index in [1.165, 1.54) is 11.3 Å². The van der Waals surface area contributed by atoms with Crippen molar-refractivity contribution >= 4 is 17.1 Å². The number of hydrogen-bond donors (Lipinski definition) is 1. The largest absolute Gasteiger partial charge is 0.497 e. The number of nitrogens with two attached hydrogens (primary N) is 1. The molecule has 17 heavy (non-hydrogen) atoms. The number of ether oxygens (including phenoxy) is 1. The van der Waals surface area contributed by atoms with E-state index in [2.05, 4.69) is 0 Å². The number of carbonyl (C=O) groups is 1. The number of carbonyl (C=O) groups excluding carboxylic acids is 1. The predicted molar refractivity (Wildman–Crippen MR) is 69.7 cm³/mol. The van der Waals surface area contributed by atoms with Gasteiger partial charge in [-0.1, -0.05) is 12.1 Å². The summed E-state index contributed by atoms with van der Waals surface area (Å²) in [5, 5.41) is 0. The molecule has 0 bridgehead atoms. The fourth-order valence-electron chi connectivity index (χ4n) is 1.52. The highest BCUT2D eigenvalue weighted by molar-refractivity contribution is 7.17. The van der Waals surface area contributed by atoms with Gasteiger partial charge in [0.25, 0.3) is 0 Å². The maximum atomic E-state index is 11.4. The van der Waals surface area contributed by atoms with Gasteiger partial charge in [-0.3, -0.25) is 4.79 Å². The summed E-state index contributed by atoms with van der Waals surface area (Å²) < 4.78 is 5.17. The lowest BCUT2D eigenvalue weighted by atomic mass is 10.2. The number of rotatable bonds is 4. The molecular formula is C13H13NO2S. The highest BCUT2D eigenvalue weighted by atomic mass is 32.1. The molecule has 4 heteroatoms. The van der Waals surface area contributed by atoms with Gasteiger partial charge in [0.2, 0.25) is 0 Å².